The largest absolute Gasteiger partial charge is 0.497 e. The number of carbonyl (C=O) groups is 1. The van der Waals surface area contributed by atoms with Crippen molar-refractivity contribution < 1.29 is 9.53 Å². The first-order chi connectivity index (χ1) is 14.1. The average Bonchev–Trinajstić information content (AvgIpc) is 3.12. The lowest BCUT2D eigenvalue weighted by Crippen LogP contribution is -2.35. The second-order valence-electron chi connectivity index (χ2n) is 7.01. The summed E-state index contributed by atoms with van der Waals surface area (Å²) in [6.45, 7) is 2.99. The van der Waals surface area contributed by atoms with Crippen LogP contribution in [0.15, 0.2) is 54.6 Å². The van der Waals surface area contributed by atoms with Gasteiger partial charge in [-0.1, -0.05) is 11.6 Å². The minimum absolute atomic E-state index is 0.0458. The summed E-state index contributed by atoms with van der Waals surface area (Å²) in [5.74, 6) is 1.77. The SMILES string of the molecule is COc1ccc(-c2cc(N3CCCN(C(=O)c4ccc(Cl)cc4)CC3)n[nH]2)cc1. The summed E-state index contributed by atoms with van der Waals surface area (Å²) in [7, 11) is 1.66. The van der Waals surface area contributed by atoms with Gasteiger partial charge in [-0.15, -0.1) is 0 Å². The summed E-state index contributed by atoms with van der Waals surface area (Å²) >= 11 is 5.93. The molecule has 2 aromatic carbocycles. The van der Waals surface area contributed by atoms with E-state index in [1.54, 1.807) is 31.4 Å². The van der Waals surface area contributed by atoms with E-state index >= 15 is 0 Å². The van der Waals surface area contributed by atoms with E-state index in [0.717, 1.165) is 48.9 Å². The molecule has 2 heterocycles. The molecule has 1 aliphatic rings. The average molecular weight is 411 g/mol. The molecular weight excluding hydrogens is 388 g/mol. The van der Waals surface area contributed by atoms with E-state index in [1.165, 1.54) is 0 Å². The predicted molar refractivity (Wildman–Crippen MR) is 115 cm³/mol. The molecule has 150 valence electrons. The van der Waals surface area contributed by atoms with Gasteiger partial charge >= 0.3 is 0 Å². The minimum Gasteiger partial charge on any atom is -0.497 e. The third kappa shape index (κ3) is 4.38. The van der Waals surface area contributed by atoms with Gasteiger partial charge in [0.25, 0.3) is 5.91 Å². The summed E-state index contributed by atoms with van der Waals surface area (Å²) in [4.78, 5) is 16.9. The van der Waals surface area contributed by atoms with Gasteiger partial charge in [0.1, 0.15) is 5.75 Å². The first-order valence-electron chi connectivity index (χ1n) is 9.63. The minimum atomic E-state index is 0.0458. The van der Waals surface area contributed by atoms with Gasteiger partial charge in [-0.3, -0.25) is 9.89 Å². The molecule has 6 nitrogen and oxygen atoms in total. The highest BCUT2D eigenvalue weighted by molar-refractivity contribution is 6.30. The lowest BCUT2D eigenvalue weighted by molar-refractivity contribution is 0.0767. The lowest BCUT2D eigenvalue weighted by atomic mass is 10.1. The molecule has 0 saturated carbocycles. The standard InChI is InChI=1S/C22H23ClN4O2/c1-29-19-9-5-16(6-10-19)20-15-21(25-24-20)26-11-2-12-27(14-13-26)22(28)17-3-7-18(23)8-4-17/h3-10,15H,2,11-14H2,1H3,(H,24,25). The fraction of sp³-hybridized carbons (Fsp3) is 0.273. The molecule has 0 spiro atoms. The van der Waals surface area contributed by atoms with Crippen molar-refractivity contribution in [2.75, 3.05) is 38.2 Å². The molecule has 0 aliphatic carbocycles. The quantitative estimate of drug-likeness (QED) is 0.703. The Morgan fingerprint density at radius 1 is 1.03 bits per heavy atom. The number of amides is 1. The van der Waals surface area contributed by atoms with Gasteiger partial charge in [0.2, 0.25) is 0 Å². The Morgan fingerprint density at radius 3 is 2.52 bits per heavy atom. The van der Waals surface area contributed by atoms with Crippen molar-refractivity contribution in [1.82, 2.24) is 15.1 Å². The van der Waals surface area contributed by atoms with Crippen LogP contribution in [0.2, 0.25) is 5.02 Å². The fourth-order valence-electron chi connectivity index (χ4n) is 3.52. The second kappa shape index (κ2) is 8.57. The van der Waals surface area contributed by atoms with Crippen LogP contribution in [-0.2, 0) is 0 Å². The van der Waals surface area contributed by atoms with Gasteiger partial charge in [0, 0.05) is 42.8 Å². The number of aromatic nitrogens is 2. The van der Waals surface area contributed by atoms with Crippen molar-refractivity contribution in [2.45, 2.75) is 6.42 Å². The van der Waals surface area contributed by atoms with Crippen LogP contribution in [0.1, 0.15) is 16.8 Å². The molecule has 4 rings (SSSR count). The van der Waals surface area contributed by atoms with Crippen molar-refractivity contribution in [2.24, 2.45) is 0 Å². The Morgan fingerprint density at radius 2 is 1.79 bits per heavy atom. The number of carbonyl (C=O) groups excluding carboxylic acids is 1. The highest BCUT2D eigenvalue weighted by atomic mass is 35.5. The van der Waals surface area contributed by atoms with Gasteiger partial charge < -0.3 is 14.5 Å². The van der Waals surface area contributed by atoms with Crippen LogP contribution in [0.25, 0.3) is 11.3 Å². The Kier molecular flexibility index (Phi) is 5.71. The summed E-state index contributed by atoms with van der Waals surface area (Å²) in [6.07, 6.45) is 0.893. The Balaban J connectivity index is 1.42. The van der Waals surface area contributed by atoms with Crippen molar-refractivity contribution >= 4 is 23.3 Å². The third-order valence-electron chi connectivity index (χ3n) is 5.16. The van der Waals surface area contributed by atoms with Crippen LogP contribution in [0, 0.1) is 0 Å². The van der Waals surface area contributed by atoms with Crippen molar-refractivity contribution in [1.29, 1.82) is 0 Å². The lowest BCUT2D eigenvalue weighted by Gasteiger charge is -2.22. The number of anilines is 1. The Labute approximate surface area is 175 Å². The third-order valence-corrected chi connectivity index (χ3v) is 5.42. The van der Waals surface area contributed by atoms with Crippen LogP contribution in [-0.4, -0.2) is 54.3 Å². The fourth-order valence-corrected chi connectivity index (χ4v) is 3.64. The topological polar surface area (TPSA) is 61.5 Å². The number of hydrogen-bond donors (Lipinski definition) is 1. The molecule has 0 radical (unpaired) electrons. The van der Waals surface area contributed by atoms with E-state index in [0.29, 0.717) is 17.1 Å². The zero-order valence-electron chi connectivity index (χ0n) is 16.3. The van der Waals surface area contributed by atoms with E-state index in [1.807, 2.05) is 29.2 Å². The summed E-state index contributed by atoms with van der Waals surface area (Å²) in [5, 5.41) is 8.24. The number of nitrogens with zero attached hydrogens (tertiary/aromatic N) is 3. The highest BCUT2D eigenvalue weighted by Crippen LogP contribution is 2.25. The van der Waals surface area contributed by atoms with E-state index in [9.17, 15) is 4.79 Å². The smallest absolute Gasteiger partial charge is 0.253 e. The van der Waals surface area contributed by atoms with Crippen molar-refractivity contribution in [3.8, 4) is 17.0 Å². The maximum Gasteiger partial charge on any atom is 0.253 e. The van der Waals surface area contributed by atoms with Gasteiger partial charge in [-0.2, -0.15) is 5.10 Å². The number of H-pyrrole nitrogens is 1. The van der Waals surface area contributed by atoms with Crippen LogP contribution >= 0.6 is 11.6 Å². The summed E-state index contributed by atoms with van der Waals surface area (Å²) < 4.78 is 5.21. The van der Waals surface area contributed by atoms with Gasteiger partial charge in [0.05, 0.1) is 12.8 Å². The van der Waals surface area contributed by atoms with E-state index < -0.39 is 0 Å². The van der Waals surface area contributed by atoms with Crippen LogP contribution in [0.5, 0.6) is 5.75 Å². The van der Waals surface area contributed by atoms with Crippen LogP contribution < -0.4 is 9.64 Å². The number of rotatable bonds is 4. The molecule has 29 heavy (non-hydrogen) atoms. The Bertz CT molecular complexity index is 969. The van der Waals surface area contributed by atoms with Crippen molar-refractivity contribution in [3.05, 3.63) is 65.2 Å². The highest BCUT2D eigenvalue weighted by Gasteiger charge is 2.21. The summed E-state index contributed by atoms with van der Waals surface area (Å²) in [6, 6.07) is 17.0. The molecule has 1 fully saturated rings. The molecule has 0 bridgehead atoms. The maximum absolute atomic E-state index is 12.8. The van der Waals surface area contributed by atoms with Gasteiger partial charge in [-0.05, 0) is 60.5 Å². The molecule has 0 unspecified atom stereocenters. The number of halogens is 1. The number of nitrogens with one attached hydrogen (secondary N) is 1. The van der Waals surface area contributed by atoms with Crippen molar-refractivity contribution in [3.63, 3.8) is 0 Å². The molecule has 1 N–H and O–H groups in total. The molecule has 1 saturated heterocycles. The number of ether oxygens (including phenoxy) is 1. The number of aromatic amines is 1. The first kappa shape index (κ1) is 19.3. The number of benzene rings is 2. The zero-order chi connectivity index (χ0) is 20.2. The molecule has 3 aromatic rings. The zero-order valence-corrected chi connectivity index (χ0v) is 17.0. The molecule has 1 amide bonds. The number of methoxy groups -OCH3 is 1. The molecule has 1 aliphatic heterocycles. The van der Waals surface area contributed by atoms with Gasteiger partial charge in [-0.25, -0.2) is 0 Å². The normalized spacial score (nSPS) is 14.6. The summed E-state index contributed by atoms with van der Waals surface area (Å²) in [5.41, 5.74) is 2.68. The molecule has 7 heteroatoms. The first-order valence-corrected chi connectivity index (χ1v) is 10.0. The van der Waals surface area contributed by atoms with E-state index in [2.05, 4.69) is 21.2 Å². The van der Waals surface area contributed by atoms with Crippen LogP contribution in [0.4, 0.5) is 5.82 Å². The predicted octanol–water partition coefficient (Wildman–Crippen LogP) is 4.09. The maximum atomic E-state index is 12.8. The van der Waals surface area contributed by atoms with Crippen LogP contribution in [0.3, 0.4) is 0 Å². The van der Waals surface area contributed by atoms with E-state index in [4.69, 9.17) is 16.3 Å². The Hall–Kier alpha value is -2.99. The van der Waals surface area contributed by atoms with Gasteiger partial charge in [0.15, 0.2) is 5.82 Å². The number of hydrogen-bond acceptors (Lipinski definition) is 4. The van der Waals surface area contributed by atoms with E-state index in [-0.39, 0.29) is 5.91 Å². The second-order valence-corrected chi connectivity index (χ2v) is 7.44. The molecule has 1 aromatic heterocycles. The molecule has 0 atom stereocenters. The molecular formula is C22H23ClN4O2. The monoisotopic (exact) mass is 410 g/mol.